The van der Waals surface area contributed by atoms with E-state index in [1.807, 2.05) is 0 Å². The van der Waals surface area contributed by atoms with E-state index in [-0.39, 0.29) is 0 Å². The Labute approximate surface area is 117 Å². The van der Waals surface area contributed by atoms with E-state index in [1.54, 1.807) is 7.11 Å². The van der Waals surface area contributed by atoms with E-state index < -0.39 is 0 Å². The van der Waals surface area contributed by atoms with Crippen LogP contribution in [0.25, 0.3) is 0 Å². The molecule has 0 bridgehead atoms. The molecule has 2 nitrogen and oxygen atoms in total. The van der Waals surface area contributed by atoms with E-state index in [2.05, 4.69) is 38.3 Å². The molecule has 1 aromatic carbocycles. The Kier molecular flexibility index (Phi) is 4.87. The average molecular weight is 261 g/mol. The summed E-state index contributed by atoms with van der Waals surface area (Å²) in [5.41, 5.74) is 3.91. The molecule has 2 heteroatoms. The third-order valence-corrected chi connectivity index (χ3v) is 4.68. The molecule has 106 valence electrons. The van der Waals surface area contributed by atoms with Gasteiger partial charge in [0.1, 0.15) is 5.75 Å². The molecule has 2 rings (SSSR count). The Bertz CT molecular complexity index is 422. The number of benzene rings is 1. The number of nitrogens with one attached hydrogen (secondary N) is 1. The molecule has 0 spiro atoms. The number of aryl methyl sites for hydroxylation is 1. The first kappa shape index (κ1) is 14.4. The van der Waals surface area contributed by atoms with Gasteiger partial charge in [0.05, 0.1) is 7.11 Å². The second-order valence-corrected chi connectivity index (χ2v) is 5.79. The second-order valence-electron chi connectivity index (χ2n) is 5.79. The molecule has 0 radical (unpaired) electrons. The summed E-state index contributed by atoms with van der Waals surface area (Å²) in [5.74, 6) is 1.82. The number of ether oxygens (including phenoxy) is 1. The Morgan fingerprint density at radius 1 is 1.16 bits per heavy atom. The molecule has 1 unspecified atom stereocenters. The standard InChI is InChI=1S/C17H27NO/c1-12-10-11-15(17(19-4)13(12)2)16(18-3)14-8-6-5-7-9-14/h10-11,14,16,18H,5-9H2,1-4H3. The van der Waals surface area contributed by atoms with Crippen molar-refractivity contribution in [1.29, 1.82) is 0 Å². The molecule has 1 fully saturated rings. The molecular formula is C17H27NO. The predicted molar refractivity (Wildman–Crippen MR) is 80.8 cm³/mol. The van der Waals surface area contributed by atoms with Gasteiger partial charge in [0.25, 0.3) is 0 Å². The molecule has 0 aliphatic heterocycles. The van der Waals surface area contributed by atoms with Crippen molar-refractivity contribution >= 4 is 0 Å². The maximum atomic E-state index is 5.69. The Morgan fingerprint density at radius 2 is 1.84 bits per heavy atom. The van der Waals surface area contributed by atoms with Crippen molar-refractivity contribution in [3.05, 3.63) is 28.8 Å². The number of hydrogen-bond donors (Lipinski definition) is 1. The topological polar surface area (TPSA) is 21.3 Å². The fourth-order valence-electron chi connectivity index (χ4n) is 3.44. The van der Waals surface area contributed by atoms with Crippen molar-refractivity contribution in [2.45, 2.75) is 52.0 Å². The summed E-state index contributed by atoms with van der Waals surface area (Å²) in [5, 5.41) is 3.53. The highest BCUT2D eigenvalue weighted by atomic mass is 16.5. The number of hydrogen-bond acceptors (Lipinski definition) is 2. The van der Waals surface area contributed by atoms with Gasteiger partial charge in [-0.1, -0.05) is 31.4 Å². The fraction of sp³-hybridized carbons (Fsp3) is 0.647. The van der Waals surface area contributed by atoms with Crippen molar-refractivity contribution < 1.29 is 4.74 Å². The van der Waals surface area contributed by atoms with E-state index in [4.69, 9.17) is 4.74 Å². The Hall–Kier alpha value is -1.02. The molecule has 0 amide bonds. The Morgan fingerprint density at radius 3 is 2.42 bits per heavy atom. The summed E-state index contributed by atoms with van der Waals surface area (Å²) >= 11 is 0. The second kappa shape index (κ2) is 6.42. The lowest BCUT2D eigenvalue weighted by molar-refractivity contribution is 0.275. The van der Waals surface area contributed by atoms with Crippen LogP contribution in [0.15, 0.2) is 12.1 Å². The fourth-order valence-corrected chi connectivity index (χ4v) is 3.44. The van der Waals surface area contributed by atoms with Crippen molar-refractivity contribution in [1.82, 2.24) is 5.32 Å². The first-order valence-electron chi connectivity index (χ1n) is 7.50. The van der Waals surface area contributed by atoms with Gasteiger partial charge in [-0.2, -0.15) is 0 Å². The van der Waals surface area contributed by atoms with E-state index >= 15 is 0 Å². The van der Waals surface area contributed by atoms with Crippen molar-refractivity contribution in [2.75, 3.05) is 14.2 Å². The summed E-state index contributed by atoms with van der Waals surface area (Å²) in [6.07, 6.45) is 6.81. The molecule has 1 N–H and O–H groups in total. The van der Waals surface area contributed by atoms with Crippen LogP contribution in [0, 0.1) is 19.8 Å². The zero-order valence-electron chi connectivity index (χ0n) is 12.8. The highest BCUT2D eigenvalue weighted by Gasteiger charge is 2.26. The smallest absolute Gasteiger partial charge is 0.126 e. The zero-order chi connectivity index (χ0) is 13.8. The van der Waals surface area contributed by atoms with Crippen molar-refractivity contribution in [2.24, 2.45) is 5.92 Å². The summed E-state index contributed by atoms with van der Waals surface area (Å²) in [6, 6.07) is 4.90. The molecule has 0 heterocycles. The molecule has 1 aliphatic carbocycles. The van der Waals surface area contributed by atoms with E-state index in [0.29, 0.717) is 6.04 Å². The van der Waals surface area contributed by atoms with Crippen LogP contribution in [0.2, 0.25) is 0 Å². The third kappa shape index (κ3) is 2.94. The van der Waals surface area contributed by atoms with Gasteiger partial charge in [-0.05, 0) is 50.8 Å². The van der Waals surface area contributed by atoms with Crippen molar-refractivity contribution in [3.8, 4) is 5.75 Å². The average Bonchev–Trinajstić information content (AvgIpc) is 2.45. The molecule has 0 saturated heterocycles. The van der Waals surface area contributed by atoms with E-state index in [0.717, 1.165) is 11.7 Å². The normalized spacial score (nSPS) is 18.3. The Balaban J connectivity index is 2.34. The van der Waals surface area contributed by atoms with Gasteiger partial charge in [-0.3, -0.25) is 0 Å². The van der Waals surface area contributed by atoms with Gasteiger partial charge >= 0.3 is 0 Å². The van der Waals surface area contributed by atoms with Crippen molar-refractivity contribution in [3.63, 3.8) is 0 Å². The monoisotopic (exact) mass is 261 g/mol. The SMILES string of the molecule is CNC(c1ccc(C)c(C)c1OC)C1CCCCC1. The first-order valence-corrected chi connectivity index (χ1v) is 7.50. The molecule has 1 aromatic rings. The molecule has 1 saturated carbocycles. The minimum absolute atomic E-state index is 0.426. The van der Waals surface area contributed by atoms with Crippen LogP contribution < -0.4 is 10.1 Å². The lowest BCUT2D eigenvalue weighted by atomic mass is 9.80. The minimum Gasteiger partial charge on any atom is -0.496 e. The molecule has 1 atom stereocenters. The lowest BCUT2D eigenvalue weighted by Gasteiger charge is -2.32. The van der Waals surface area contributed by atoms with Crippen LogP contribution in [-0.2, 0) is 0 Å². The highest BCUT2D eigenvalue weighted by Crippen LogP contribution is 2.39. The van der Waals surface area contributed by atoms with Crippen LogP contribution in [-0.4, -0.2) is 14.2 Å². The first-order chi connectivity index (χ1) is 9.19. The molecule has 1 aliphatic rings. The summed E-state index contributed by atoms with van der Waals surface area (Å²) in [7, 11) is 3.87. The third-order valence-electron chi connectivity index (χ3n) is 4.68. The van der Waals surface area contributed by atoms with Crippen LogP contribution in [0.3, 0.4) is 0 Å². The van der Waals surface area contributed by atoms with E-state index in [9.17, 15) is 0 Å². The summed E-state index contributed by atoms with van der Waals surface area (Å²) in [6.45, 7) is 4.31. The maximum Gasteiger partial charge on any atom is 0.126 e. The highest BCUT2D eigenvalue weighted by molar-refractivity contribution is 5.47. The number of rotatable bonds is 4. The van der Waals surface area contributed by atoms with Crippen LogP contribution in [0.1, 0.15) is 54.8 Å². The largest absolute Gasteiger partial charge is 0.496 e. The van der Waals surface area contributed by atoms with Gasteiger partial charge in [0.15, 0.2) is 0 Å². The van der Waals surface area contributed by atoms with Gasteiger partial charge in [0.2, 0.25) is 0 Å². The quantitative estimate of drug-likeness (QED) is 0.879. The lowest BCUT2D eigenvalue weighted by Crippen LogP contribution is -2.27. The van der Waals surface area contributed by atoms with Crippen LogP contribution in [0.5, 0.6) is 5.75 Å². The zero-order valence-corrected chi connectivity index (χ0v) is 12.8. The summed E-state index contributed by atoms with van der Waals surface area (Å²) in [4.78, 5) is 0. The van der Waals surface area contributed by atoms with Crippen LogP contribution >= 0.6 is 0 Å². The minimum atomic E-state index is 0.426. The predicted octanol–water partition coefficient (Wildman–Crippen LogP) is 4.15. The van der Waals surface area contributed by atoms with Crippen LogP contribution in [0.4, 0.5) is 0 Å². The summed E-state index contributed by atoms with van der Waals surface area (Å²) < 4.78 is 5.69. The van der Waals surface area contributed by atoms with Gasteiger partial charge in [-0.25, -0.2) is 0 Å². The van der Waals surface area contributed by atoms with Gasteiger partial charge in [0, 0.05) is 11.6 Å². The number of methoxy groups -OCH3 is 1. The maximum absolute atomic E-state index is 5.69. The van der Waals surface area contributed by atoms with Gasteiger partial charge < -0.3 is 10.1 Å². The van der Waals surface area contributed by atoms with Gasteiger partial charge in [-0.15, -0.1) is 0 Å². The van der Waals surface area contributed by atoms with E-state index in [1.165, 1.54) is 48.8 Å². The molecule has 0 aromatic heterocycles. The molecular weight excluding hydrogens is 234 g/mol. The molecule has 19 heavy (non-hydrogen) atoms.